The van der Waals surface area contributed by atoms with E-state index in [9.17, 15) is 0 Å². The van der Waals surface area contributed by atoms with E-state index >= 15 is 0 Å². The van der Waals surface area contributed by atoms with Crippen molar-refractivity contribution in [2.24, 2.45) is 11.3 Å². The molecule has 1 saturated heterocycles. The summed E-state index contributed by atoms with van der Waals surface area (Å²) in [6.07, 6.45) is 2.36. The first-order valence-electron chi connectivity index (χ1n) is 7.07. The summed E-state index contributed by atoms with van der Waals surface area (Å²) in [7, 11) is 0. The van der Waals surface area contributed by atoms with E-state index in [0.717, 1.165) is 32.7 Å². The fourth-order valence-corrected chi connectivity index (χ4v) is 2.84. The van der Waals surface area contributed by atoms with Gasteiger partial charge in [-0.3, -0.25) is 0 Å². The predicted octanol–water partition coefficient (Wildman–Crippen LogP) is 2.88. The molecule has 1 aliphatic rings. The van der Waals surface area contributed by atoms with Crippen LogP contribution in [0.15, 0.2) is 30.3 Å². The first-order chi connectivity index (χ1) is 8.74. The first kappa shape index (κ1) is 13.6. The molecular weight excluding hydrogens is 222 g/mol. The Bertz CT molecular complexity index is 351. The molecule has 0 aromatic heterocycles. The molecule has 0 saturated carbocycles. The SMILES string of the molecule is CCOCC1(C)CCNCC1Cc1ccccc1. The van der Waals surface area contributed by atoms with Crippen LogP contribution in [-0.2, 0) is 11.2 Å². The highest BCUT2D eigenvalue weighted by Gasteiger charge is 2.36. The zero-order valence-electron chi connectivity index (χ0n) is 11.6. The maximum atomic E-state index is 5.72. The third-order valence-corrected chi connectivity index (χ3v) is 4.21. The van der Waals surface area contributed by atoms with Gasteiger partial charge in [0.05, 0.1) is 6.61 Å². The van der Waals surface area contributed by atoms with Crippen molar-refractivity contribution in [2.45, 2.75) is 26.7 Å². The van der Waals surface area contributed by atoms with E-state index < -0.39 is 0 Å². The lowest BCUT2D eigenvalue weighted by Gasteiger charge is -2.42. The number of hydrogen-bond acceptors (Lipinski definition) is 2. The molecule has 1 aromatic carbocycles. The van der Waals surface area contributed by atoms with Crippen LogP contribution in [-0.4, -0.2) is 26.3 Å². The summed E-state index contributed by atoms with van der Waals surface area (Å²) in [6, 6.07) is 10.8. The van der Waals surface area contributed by atoms with Crippen molar-refractivity contribution in [3.05, 3.63) is 35.9 Å². The van der Waals surface area contributed by atoms with Gasteiger partial charge in [0.2, 0.25) is 0 Å². The summed E-state index contributed by atoms with van der Waals surface area (Å²) in [4.78, 5) is 0. The van der Waals surface area contributed by atoms with Gasteiger partial charge < -0.3 is 10.1 Å². The third kappa shape index (κ3) is 3.33. The number of ether oxygens (including phenoxy) is 1. The maximum Gasteiger partial charge on any atom is 0.0523 e. The van der Waals surface area contributed by atoms with Gasteiger partial charge in [0, 0.05) is 6.61 Å². The van der Waals surface area contributed by atoms with Crippen molar-refractivity contribution < 1.29 is 4.74 Å². The van der Waals surface area contributed by atoms with E-state index in [1.807, 2.05) is 0 Å². The van der Waals surface area contributed by atoms with Crippen molar-refractivity contribution in [1.29, 1.82) is 0 Å². The van der Waals surface area contributed by atoms with Crippen molar-refractivity contribution in [3.63, 3.8) is 0 Å². The highest BCUT2D eigenvalue weighted by Crippen LogP contribution is 2.36. The molecule has 18 heavy (non-hydrogen) atoms. The van der Waals surface area contributed by atoms with Gasteiger partial charge in [-0.05, 0) is 49.8 Å². The highest BCUT2D eigenvalue weighted by molar-refractivity contribution is 5.16. The smallest absolute Gasteiger partial charge is 0.0523 e. The Morgan fingerprint density at radius 3 is 2.83 bits per heavy atom. The molecule has 100 valence electrons. The quantitative estimate of drug-likeness (QED) is 0.864. The summed E-state index contributed by atoms with van der Waals surface area (Å²) < 4.78 is 5.72. The van der Waals surface area contributed by atoms with Gasteiger partial charge >= 0.3 is 0 Å². The Morgan fingerprint density at radius 2 is 2.11 bits per heavy atom. The molecule has 1 fully saturated rings. The van der Waals surface area contributed by atoms with E-state index in [1.54, 1.807) is 0 Å². The van der Waals surface area contributed by atoms with Crippen LogP contribution in [0.5, 0.6) is 0 Å². The van der Waals surface area contributed by atoms with E-state index in [0.29, 0.717) is 11.3 Å². The molecule has 0 spiro atoms. The summed E-state index contributed by atoms with van der Waals surface area (Å²) in [6.45, 7) is 8.41. The standard InChI is InChI=1S/C16H25NO/c1-3-18-13-16(2)9-10-17-12-15(16)11-14-7-5-4-6-8-14/h4-8,15,17H,3,9-13H2,1-2H3. The number of nitrogens with one attached hydrogen (secondary N) is 1. The Labute approximate surface area is 111 Å². The minimum absolute atomic E-state index is 0.317. The second kappa shape index (κ2) is 6.35. The maximum absolute atomic E-state index is 5.72. The van der Waals surface area contributed by atoms with Gasteiger partial charge in [-0.15, -0.1) is 0 Å². The zero-order chi connectivity index (χ0) is 12.8. The van der Waals surface area contributed by atoms with Crippen molar-refractivity contribution in [1.82, 2.24) is 5.32 Å². The van der Waals surface area contributed by atoms with Gasteiger partial charge in [0.25, 0.3) is 0 Å². The molecule has 2 heteroatoms. The predicted molar refractivity (Wildman–Crippen MR) is 75.7 cm³/mol. The fourth-order valence-electron chi connectivity index (χ4n) is 2.84. The summed E-state index contributed by atoms with van der Waals surface area (Å²) in [5, 5.41) is 3.53. The van der Waals surface area contributed by atoms with E-state index in [2.05, 4.69) is 49.5 Å². The van der Waals surface area contributed by atoms with Crippen LogP contribution >= 0.6 is 0 Å². The molecule has 1 heterocycles. The van der Waals surface area contributed by atoms with Crippen LogP contribution in [0.3, 0.4) is 0 Å². The molecule has 1 N–H and O–H groups in total. The second-order valence-electron chi connectivity index (χ2n) is 5.63. The fraction of sp³-hybridized carbons (Fsp3) is 0.625. The van der Waals surface area contributed by atoms with Crippen molar-refractivity contribution in [3.8, 4) is 0 Å². The molecule has 2 nitrogen and oxygen atoms in total. The molecule has 2 unspecified atom stereocenters. The van der Waals surface area contributed by atoms with Crippen LogP contribution in [0.1, 0.15) is 25.8 Å². The Balaban J connectivity index is 2.03. The van der Waals surface area contributed by atoms with Crippen molar-refractivity contribution >= 4 is 0 Å². The lowest BCUT2D eigenvalue weighted by molar-refractivity contribution is 0.00443. The zero-order valence-corrected chi connectivity index (χ0v) is 11.6. The van der Waals surface area contributed by atoms with Gasteiger partial charge in [-0.2, -0.15) is 0 Å². The van der Waals surface area contributed by atoms with Crippen LogP contribution < -0.4 is 5.32 Å². The number of hydrogen-bond donors (Lipinski definition) is 1. The first-order valence-corrected chi connectivity index (χ1v) is 7.07. The lowest BCUT2D eigenvalue weighted by Crippen LogP contribution is -2.47. The average molecular weight is 247 g/mol. The largest absolute Gasteiger partial charge is 0.381 e. The molecule has 0 radical (unpaired) electrons. The molecule has 0 bridgehead atoms. The average Bonchev–Trinajstić information content (AvgIpc) is 2.41. The Kier molecular flexibility index (Phi) is 4.79. The van der Waals surface area contributed by atoms with E-state index in [-0.39, 0.29) is 0 Å². The Morgan fingerprint density at radius 1 is 1.33 bits per heavy atom. The topological polar surface area (TPSA) is 21.3 Å². The molecular formula is C16H25NO. The number of piperidine rings is 1. The normalized spacial score (nSPS) is 28.2. The monoisotopic (exact) mass is 247 g/mol. The van der Waals surface area contributed by atoms with Crippen LogP contribution in [0.25, 0.3) is 0 Å². The summed E-state index contributed by atoms with van der Waals surface area (Å²) >= 11 is 0. The van der Waals surface area contributed by atoms with Crippen molar-refractivity contribution in [2.75, 3.05) is 26.3 Å². The van der Waals surface area contributed by atoms with E-state index in [4.69, 9.17) is 4.74 Å². The summed E-state index contributed by atoms with van der Waals surface area (Å²) in [5.41, 5.74) is 1.76. The van der Waals surface area contributed by atoms with Crippen LogP contribution in [0.4, 0.5) is 0 Å². The Hall–Kier alpha value is -0.860. The lowest BCUT2D eigenvalue weighted by atomic mass is 9.70. The van der Waals surface area contributed by atoms with Gasteiger partial charge in [-0.25, -0.2) is 0 Å². The molecule has 0 aliphatic carbocycles. The van der Waals surface area contributed by atoms with Crippen LogP contribution in [0, 0.1) is 11.3 Å². The van der Waals surface area contributed by atoms with Crippen LogP contribution in [0.2, 0.25) is 0 Å². The molecule has 1 aliphatic heterocycles. The number of rotatable bonds is 5. The van der Waals surface area contributed by atoms with Gasteiger partial charge in [0.15, 0.2) is 0 Å². The molecule has 0 amide bonds. The second-order valence-corrected chi connectivity index (χ2v) is 5.63. The summed E-state index contributed by atoms with van der Waals surface area (Å²) in [5.74, 6) is 0.667. The van der Waals surface area contributed by atoms with Gasteiger partial charge in [0.1, 0.15) is 0 Å². The molecule has 2 atom stereocenters. The van der Waals surface area contributed by atoms with Gasteiger partial charge in [-0.1, -0.05) is 37.3 Å². The molecule has 1 aromatic rings. The highest BCUT2D eigenvalue weighted by atomic mass is 16.5. The minimum Gasteiger partial charge on any atom is -0.381 e. The molecule has 2 rings (SSSR count). The number of benzene rings is 1. The third-order valence-electron chi connectivity index (χ3n) is 4.21. The van der Waals surface area contributed by atoms with E-state index in [1.165, 1.54) is 12.0 Å². The minimum atomic E-state index is 0.317.